The van der Waals surface area contributed by atoms with Crippen LogP contribution < -0.4 is 4.74 Å². The molecule has 0 saturated carbocycles. The summed E-state index contributed by atoms with van der Waals surface area (Å²) in [7, 11) is 0. The fourth-order valence-corrected chi connectivity index (χ4v) is 5.29. The molecule has 1 amide bonds. The topological polar surface area (TPSA) is 70.1 Å². The number of hydrogen-bond donors (Lipinski definition) is 1. The summed E-state index contributed by atoms with van der Waals surface area (Å²) in [6.45, 7) is 15.6. The van der Waals surface area contributed by atoms with Gasteiger partial charge in [0.05, 0.1) is 11.6 Å². The summed E-state index contributed by atoms with van der Waals surface area (Å²) in [4.78, 5) is 30.8. The van der Waals surface area contributed by atoms with Crippen molar-refractivity contribution in [2.75, 3.05) is 26.2 Å². The second-order valence-corrected chi connectivity index (χ2v) is 11.6. The van der Waals surface area contributed by atoms with Gasteiger partial charge in [0, 0.05) is 18.7 Å². The number of carbonyl (C=O) groups is 2. The molecule has 1 heterocycles. The lowest BCUT2D eigenvalue weighted by Crippen LogP contribution is -2.38. The van der Waals surface area contributed by atoms with Gasteiger partial charge in [-0.05, 0) is 65.9 Å². The highest BCUT2D eigenvalue weighted by Crippen LogP contribution is 2.40. The first-order valence-electron chi connectivity index (χ1n) is 14.4. The van der Waals surface area contributed by atoms with E-state index in [1.54, 1.807) is 17.0 Å². The minimum absolute atomic E-state index is 0.0372. The second-order valence-electron chi connectivity index (χ2n) is 11.6. The number of nitrogens with zero attached hydrogens (tertiary/aromatic N) is 2. The highest BCUT2D eigenvalue weighted by molar-refractivity contribution is 6.46. The fraction of sp³-hybridized carbons (Fsp3) is 0.371. The normalized spacial score (nSPS) is 17.0. The van der Waals surface area contributed by atoms with E-state index in [-0.39, 0.29) is 16.7 Å². The Morgan fingerprint density at radius 1 is 0.951 bits per heavy atom. The van der Waals surface area contributed by atoms with E-state index in [1.165, 1.54) is 0 Å². The summed E-state index contributed by atoms with van der Waals surface area (Å²) in [5, 5.41) is 11.6. The van der Waals surface area contributed by atoms with Crippen LogP contribution in [-0.4, -0.2) is 52.8 Å². The van der Waals surface area contributed by atoms with E-state index in [0.717, 1.165) is 35.3 Å². The molecular weight excluding hydrogens is 512 g/mol. The smallest absolute Gasteiger partial charge is 0.295 e. The van der Waals surface area contributed by atoms with E-state index >= 15 is 0 Å². The van der Waals surface area contributed by atoms with Crippen molar-refractivity contribution in [3.8, 4) is 5.75 Å². The first kappa shape index (κ1) is 30.1. The SMILES string of the molecule is CCN(CC)CCN1C(=O)C(=O)C(=C(O)c2ccc(OCc3ccccc3)cc2C)C1c1ccc(C(C)(C)C)cc1. The average molecular weight is 555 g/mol. The van der Waals surface area contributed by atoms with Gasteiger partial charge in [0.15, 0.2) is 0 Å². The Morgan fingerprint density at radius 3 is 2.20 bits per heavy atom. The molecule has 3 aromatic carbocycles. The van der Waals surface area contributed by atoms with Gasteiger partial charge in [0.1, 0.15) is 18.1 Å². The molecule has 1 atom stereocenters. The zero-order chi connectivity index (χ0) is 29.7. The van der Waals surface area contributed by atoms with Crippen LogP contribution in [0.5, 0.6) is 5.75 Å². The predicted octanol–water partition coefficient (Wildman–Crippen LogP) is 6.64. The fourth-order valence-electron chi connectivity index (χ4n) is 5.29. The molecule has 216 valence electrons. The van der Waals surface area contributed by atoms with Crippen LogP contribution in [0.25, 0.3) is 5.76 Å². The summed E-state index contributed by atoms with van der Waals surface area (Å²) in [5.41, 5.74) is 4.37. The minimum Gasteiger partial charge on any atom is -0.507 e. The maximum absolute atomic E-state index is 13.5. The second kappa shape index (κ2) is 12.7. The molecule has 0 aliphatic carbocycles. The van der Waals surface area contributed by atoms with E-state index in [0.29, 0.717) is 31.0 Å². The Morgan fingerprint density at radius 2 is 1.61 bits per heavy atom. The van der Waals surface area contributed by atoms with Gasteiger partial charge in [-0.1, -0.05) is 89.2 Å². The number of hydrogen-bond acceptors (Lipinski definition) is 5. The van der Waals surface area contributed by atoms with E-state index in [4.69, 9.17) is 4.74 Å². The van der Waals surface area contributed by atoms with Gasteiger partial charge in [0.2, 0.25) is 0 Å². The predicted molar refractivity (Wildman–Crippen MR) is 164 cm³/mol. The molecular formula is C35H42N2O4. The quantitative estimate of drug-likeness (QED) is 0.173. The number of ether oxygens (including phenoxy) is 1. The van der Waals surface area contributed by atoms with Crippen molar-refractivity contribution in [3.63, 3.8) is 0 Å². The van der Waals surface area contributed by atoms with Crippen molar-refractivity contribution in [2.24, 2.45) is 0 Å². The number of aliphatic hydroxyl groups excluding tert-OH is 1. The van der Waals surface area contributed by atoms with Gasteiger partial charge in [0.25, 0.3) is 11.7 Å². The molecule has 3 aromatic rings. The number of ketones is 1. The van der Waals surface area contributed by atoms with Crippen LogP contribution in [0.4, 0.5) is 0 Å². The Labute approximate surface area is 244 Å². The van der Waals surface area contributed by atoms with Crippen LogP contribution in [0, 0.1) is 6.92 Å². The number of amides is 1. The monoisotopic (exact) mass is 554 g/mol. The summed E-state index contributed by atoms with van der Waals surface area (Å²) in [5.74, 6) is -0.734. The van der Waals surface area contributed by atoms with Gasteiger partial charge in [-0.25, -0.2) is 0 Å². The maximum Gasteiger partial charge on any atom is 0.295 e. The van der Waals surface area contributed by atoms with Crippen molar-refractivity contribution in [3.05, 3.63) is 106 Å². The maximum atomic E-state index is 13.5. The third kappa shape index (κ3) is 6.71. The lowest BCUT2D eigenvalue weighted by atomic mass is 9.85. The molecule has 41 heavy (non-hydrogen) atoms. The highest BCUT2D eigenvalue weighted by Gasteiger charge is 2.46. The van der Waals surface area contributed by atoms with Gasteiger partial charge in [-0.3, -0.25) is 9.59 Å². The first-order chi connectivity index (χ1) is 19.5. The van der Waals surface area contributed by atoms with E-state index in [2.05, 4.69) is 39.5 Å². The average Bonchev–Trinajstić information content (AvgIpc) is 3.21. The zero-order valence-electron chi connectivity index (χ0n) is 25.1. The molecule has 0 aromatic heterocycles. The van der Waals surface area contributed by atoms with Crippen LogP contribution in [0.15, 0.2) is 78.4 Å². The number of carbonyl (C=O) groups excluding carboxylic acids is 2. The number of likely N-dealkylation sites (N-methyl/N-ethyl adjacent to an activating group) is 1. The summed E-state index contributed by atoms with van der Waals surface area (Å²) in [6.07, 6.45) is 0. The molecule has 1 aliphatic heterocycles. The number of aliphatic hydroxyl groups is 1. The van der Waals surface area contributed by atoms with E-state index in [1.807, 2.05) is 67.6 Å². The molecule has 0 spiro atoms. The number of Topliss-reactive ketones (excluding diaryl/α,β-unsaturated/α-hetero) is 1. The Kier molecular flexibility index (Phi) is 9.34. The van der Waals surface area contributed by atoms with Crippen LogP contribution in [0.2, 0.25) is 0 Å². The zero-order valence-corrected chi connectivity index (χ0v) is 25.1. The largest absolute Gasteiger partial charge is 0.507 e. The summed E-state index contributed by atoms with van der Waals surface area (Å²) < 4.78 is 5.96. The lowest BCUT2D eigenvalue weighted by Gasteiger charge is -2.29. The van der Waals surface area contributed by atoms with Crippen LogP contribution in [0.1, 0.15) is 68.5 Å². The highest BCUT2D eigenvalue weighted by atomic mass is 16.5. The van der Waals surface area contributed by atoms with Crippen molar-refractivity contribution < 1.29 is 19.4 Å². The Bertz CT molecular complexity index is 1400. The summed E-state index contributed by atoms with van der Waals surface area (Å²) >= 11 is 0. The molecule has 4 rings (SSSR count). The Balaban J connectivity index is 1.72. The van der Waals surface area contributed by atoms with Crippen molar-refractivity contribution in [2.45, 2.75) is 59.6 Å². The Hall–Kier alpha value is -3.90. The molecule has 6 heteroatoms. The molecule has 1 saturated heterocycles. The van der Waals surface area contributed by atoms with Crippen molar-refractivity contribution in [1.29, 1.82) is 0 Å². The number of benzene rings is 3. The number of aryl methyl sites for hydroxylation is 1. The standard InChI is InChI=1S/C35H42N2O4/c1-7-36(8-2)20-21-37-31(26-14-16-27(17-15-26)35(4,5)6)30(33(39)34(37)40)32(38)29-19-18-28(22-24(29)3)41-23-25-12-10-9-11-13-25/h9-19,22,31,38H,7-8,20-21,23H2,1-6H3. The number of rotatable bonds is 10. The van der Waals surface area contributed by atoms with E-state index < -0.39 is 17.7 Å². The van der Waals surface area contributed by atoms with Gasteiger partial charge >= 0.3 is 0 Å². The van der Waals surface area contributed by atoms with Crippen molar-refractivity contribution in [1.82, 2.24) is 9.80 Å². The van der Waals surface area contributed by atoms with Gasteiger partial charge < -0.3 is 19.6 Å². The molecule has 0 bridgehead atoms. The van der Waals surface area contributed by atoms with Crippen LogP contribution in [-0.2, 0) is 21.6 Å². The summed E-state index contributed by atoms with van der Waals surface area (Å²) in [6, 6.07) is 22.7. The molecule has 1 aliphatic rings. The van der Waals surface area contributed by atoms with E-state index in [9.17, 15) is 14.7 Å². The first-order valence-corrected chi connectivity index (χ1v) is 14.4. The van der Waals surface area contributed by atoms with Gasteiger partial charge in [-0.2, -0.15) is 0 Å². The van der Waals surface area contributed by atoms with Crippen LogP contribution >= 0.6 is 0 Å². The number of likely N-dealkylation sites (tertiary alicyclic amines) is 1. The third-order valence-corrected chi connectivity index (χ3v) is 7.89. The third-order valence-electron chi connectivity index (χ3n) is 7.89. The molecule has 0 radical (unpaired) electrons. The van der Waals surface area contributed by atoms with Crippen LogP contribution in [0.3, 0.4) is 0 Å². The minimum atomic E-state index is -0.673. The molecule has 6 nitrogen and oxygen atoms in total. The molecule has 1 fully saturated rings. The molecule has 1 N–H and O–H groups in total. The molecule has 1 unspecified atom stereocenters. The lowest BCUT2D eigenvalue weighted by molar-refractivity contribution is -0.140. The van der Waals surface area contributed by atoms with Gasteiger partial charge in [-0.15, -0.1) is 0 Å². The van der Waals surface area contributed by atoms with Crippen molar-refractivity contribution >= 4 is 17.4 Å².